The lowest BCUT2D eigenvalue weighted by Crippen LogP contribution is -2.19. The maximum absolute atomic E-state index is 7.00. The largest absolute Gasteiger partial charge is 0.456 e. The van der Waals surface area contributed by atoms with Crippen molar-refractivity contribution < 1.29 is 13.3 Å². The molecule has 20 rings (SSSR count). The van der Waals surface area contributed by atoms with Gasteiger partial charge in [0.1, 0.15) is 33.5 Å². The Morgan fingerprint density at radius 1 is 0.258 bits per heavy atom. The first kappa shape index (κ1) is 53.5. The average molecular weight is 1200 g/mol. The molecule has 5 aliphatic rings. The topological polar surface area (TPSA) is 42.7 Å². The minimum atomic E-state index is -0.363. The Labute approximate surface area is 541 Å². The van der Waals surface area contributed by atoms with Crippen molar-refractivity contribution in [1.29, 1.82) is 0 Å². The third kappa shape index (κ3) is 6.66. The highest BCUT2D eigenvalue weighted by Gasteiger charge is 2.47. The second-order valence-electron chi connectivity index (χ2n) is 30.5. The van der Waals surface area contributed by atoms with E-state index in [0.717, 1.165) is 61.5 Å². The smallest absolute Gasteiger partial charge is 0.143 e. The van der Waals surface area contributed by atoms with Crippen LogP contribution in [0.4, 0.5) is 17.1 Å². The number of aryl methyl sites for hydroxylation is 2. The van der Waals surface area contributed by atoms with Crippen LogP contribution in [0.25, 0.3) is 133 Å². The third-order valence-corrected chi connectivity index (χ3v) is 23.5. The predicted octanol–water partition coefficient (Wildman–Crippen LogP) is 24.7. The molecule has 448 valence electrons. The van der Waals surface area contributed by atoms with Gasteiger partial charge in [-0.25, -0.2) is 0 Å². The summed E-state index contributed by atoms with van der Waals surface area (Å²) in [5.41, 5.74) is 38.9. The fraction of sp³-hybridized carbons (Fsp3) is 0.191. The molecule has 12 aromatic carbocycles. The number of para-hydroxylation sites is 3. The van der Waals surface area contributed by atoms with Crippen molar-refractivity contribution in [1.82, 2.24) is 0 Å². The van der Waals surface area contributed by atoms with Gasteiger partial charge in [0, 0.05) is 82.0 Å². The summed E-state index contributed by atoms with van der Waals surface area (Å²) in [5, 5.41) is 7.12. The van der Waals surface area contributed by atoms with E-state index in [-0.39, 0.29) is 27.1 Å². The van der Waals surface area contributed by atoms with Gasteiger partial charge in [0.15, 0.2) is 0 Å². The van der Waals surface area contributed by atoms with E-state index in [9.17, 15) is 0 Å². The molecule has 3 heterocycles. The van der Waals surface area contributed by atoms with Crippen molar-refractivity contribution in [3.8, 4) is 66.8 Å². The standard InChI is InChI=1S/C89H69NO3/c1-46-35-47(2)37-48(36-46)58-41-72-78(83-57-21-15-18-24-75(57)93-84(58)83)54-30-27-51(40-67(54)89(72,11)12)90(49-25-28-52-59-42-70-61(44-68(59)87(7,8)65(52)38-49)79-63(85(70,3)4)31-33-76-81(79)55-19-13-16-22-73(55)91-76)50-26-29-53-60-43-71-62(45-69(60)88(9,10)66(53)39-50)80-64(86(71,5)6)32-34-77-82(80)56-20-14-17-23-74(56)92-77/h13-45H,1-12H3. The molecule has 0 atom stereocenters. The van der Waals surface area contributed by atoms with Gasteiger partial charge < -0.3 is 18.2 Å². The van der Waals surface area contributed by atoms with Gasteiger partial charge in [-0.05, 0) is 228 Å². The van der Waals surface area contributed by atoms with Gasteiger partial charge >= 0.3 is 0 Å². The van der Waals surface area contributed by atoms with Crippen LogP contribution in [0.15, 0.2) is 213 Å². The maximum Gasteiger partial charge on any atom is 0.143 e. The lowest BCUT2D eigenvalue weighted by molar-refractivity contribution is 0.650. The Hall–Kier alpha value is -10.2. The fourth-order valence-corrected chi connectivity index (χ4v) is 18.8. The summed E-state index contributed by atoms with van der Waals surface area (Å²) in [7, 11) is 0. The van der Waals surface area contributed by atoms with Gasteiger partial charge in [0.2, 0.25) is 0 Å². The molecule has 4 nitrogen and oxygen atoms in total. The maximum atomic E-state index is 7.00. The van der Waals surface area contributed by atoms with Gasteiger partial charge in [-0.15, -0.1) is 0 Å². The van der Waals surface area contributed by atoms with Crippen LogP contribution in [0.1, 0.15) is 136 Å². The zero-order valence-corrected chi connectivity index (χ0v) is 54.7. The van der Waals surface area contributed by atoms with E-state index in [1.54, 1.807) is 0 Å². The number of hydrogen-bond donors (Lipinski definition) is 0. The molecule has 15 aromatic rings. The normalized spacial score (nSPS) is 16.4. The second-order valence-corrected chi connectivity index (χ2v) is 30.5. The van der Waals surface area contributed by atoms with E-state index in [1.165, 1.54) is 155 Å². The van der Waals surface area contributed by atoms with Crippen molar-refractivity contribution in [2.24, 2.45) is 0 Å². The Balaban J connectivity index is 0.776. The van der Waals surface area contributed by atoms with Crippen LogP contribution >= 0.6 is 0 Å². The molecule has 0 N–H and O–H groups in total. The lowest BCUT2D eigenvalue weighted by Gasteiger charge is -2.31. The monoisotopic (exact) mass is 1200 g/mol. The summed E-state index contributed by atoms with van der Waals surface area (Å²) in [5.74, 6) is 0. The molecule has 93 heavy (non-hydrogen) atoms. The molecule has 0 amide bonds. The zero-order valence-electron chi connectivity index (χ0n) is 54.7. The number of hydrogen-bond acceptors (Lipinski definition) is 4. The van der Waals surface area contributed by atoms with Crippen LogP contribution in [0.3, 0.4) is 0 Å². The molecule has 0 unspecified atom stereocenters. The van der Waals surface area contributed by atoms with E-state index >= 15 is 0 Å². The van der Waals surface area contributed by atoms with Crippen LogP contribution in [0.5, 0.6) is 0 Å². The van der Waals surface area contributed by atoms with Crippen LogP contribution in [0, 0.1) is 13.8 Å². The highest BCUT2D eigenvalue weighted by Crippen LogP contribution is 2.63. The molecule has 5 aliphatic carbocycles. The van der Waals surface area contributed by atoms with Crippen molar-refractivity contribution in [2.75, 3.05) is 4.90 Å². The van der Waals surface area contributed by atoms with Crippen molar-refractivity contribution in [2.45, 2.75) is 110 Å². The van der Waals surface area contributed by atoms with Crippen LogP contribution in [-0.2, 0) is 27.1 Å². The number of nitrogens with zero attached hydrogens (tertiary/aromatic N) is 1. The highest BCUT2D eigenvalue weighted by molar-refractivity contribution is 6.20. The molecule has 4 heteroatoms. The first-order chi connectivity index (χ1) is 44.7. The molecule has 0 spiro atoms. The number of fused-ring (bicyclic) bond motifs is 27. The van der Waals surface area contributed by atoms with Crippen LogP contribution in [0.2, 0.25) is 0 Å². The van der Waals surface area contributed by atoms with Crippen molar-refractivity contribution in [3.05, 3.63) is 267 Å². The first-order valence-corrected chi connectivity index (χ1v) is 33.3. The van der Waals surface area contributed by atoms with E-state index in [4.69, 9.17) is 13.3 Å². The zero-order chi connectivity index (χ0) is 63.0. The summed E-state index contributed by atoms with van der Waals surface area (Å²) in [6.45, 7) is 28.7. The Bertz CT molecular complexity index is 5730. The lowest BCUT2D eigenvalue weighted by atomic mass is 9.79. The van der Waals surface area contributed by atoms with Crippen LogP contribution < -0.4 is 4.90 Å². The van der Waals surface area contributed by atoms with Gasteiger partial charge in [-0.1, -0.05) is 183 Å². The molecule has 3 aromatic heterocycles. The SMILES string of the molecule is Cc1cc(C)cc(-c2cc3c(c4c2oc2ccccc24)-c2ccc(N(c4ccc5c(c4)C(C)(C)c4cc6c(cc4-5)C(C)(C)c4ccc5oc7ccccc7c5c4-6)c4ccc5c(c4)C(C)(C)c4cc6c(cc4-5)C(C)(C)c4ccc5oc7ccccc7c5c4-6)cc2C3(C)C)c1. The van der Waals surface area contributed by atoms with E-state index < -0.39 is 0 Å². The van der Waals surface area contributed by atoms with Gasteiger partial charge in [0.05, 0.1) is 0 Å². The summed E-state index contributed by atoms with van der Waals surface area (Å²) in [6.07, 6.45) is 0. The minimum absolute atomic E-state index is 0.211. The third-order valence-electron chi connectivity index (χ3n) is 23.5. The van der Waals surface area contributed by atoms with Gasteiger partial charge in [-0.3, -0.25) is 0 Å². The molecule has 0 saturated heterocycles. The molecule has 0 fully saturated rings. The van der Waals surface area contributed by atoms with E-state index in [2.05, 4.69) is 288 Å². The molecule has 0 radical (unpaired) electrons. The average Bonchev–Trinajstić information content (AvgIpc) is 1.54. The fourth-order valence-electron chi connectivity index (χ4n) is 18.8. The number of rotatable bonds is 4. The number of anilines is 3. The van der Waals surface area contributed by atoms with E-state index in [1.807, 2.05) is 0 Å². The van der Waals surface area contributed by atoms with Gasteiger partial charge in [0.25, 0.3) is 0 Å². The summed E-state index contributed by atoms with van der Waals surface area (Å²) in [4.78, 5) is 2.57. The van der Waals surface area contributed by atoms with Crippen molar-refractivity contribution in [3.63, 3.8) is 0 Å². The number of benzene rings is 12. The molecular weight excluding hydrogens is 1130 g/mol. The summed E-state index contributed by atoms with van der Waals surface area (Å²) >= 11 is 0. The quantitative estimate of drug-likeness (QED) is 0.176. The van der Waals surface area contributed by atoms with E-state index in [0.29, 0.717) is 0 Å². The Kier molecular flexibility index (Phi) is 9.95. The molecule has 0 saturated carbocycles. The highest BCUT2D eigenvalue weighted by atomic mass is 16.3. The van der Waals surface area contributed by atoms with Crippen molar-refractivity contribution >= 4 is 82.9 Å². The Morgan fingerprint density at radius 3 is 1.10 bits per heavy atom. The van der Waals surface area contributed by atoms with Gasteiger partial charge in [-0.2, -0.15) is 0 Å². The summed E-state index contributed by atoms with van der Waals surface area (Å²) in [6, 6.07) is 76.4. The molecule has 0 aliphatic heterocycles. The molecule has 0 bridgehead atoms. The predicted molar refractivity (Wildman–Crippen MR) is 386 cm³/mol. The minimum Gasteiger partial charge on any atom is -0.456 e. The second kappa shape index (κ2) is 17.3. The Morgan fingerprint density at radius 2 is 0.613 bits per heavy atom. The van der Waals surface area contributed by atoms with Crippen LogP contribution in [-0.4, -0.2) is 0 Å². The number of furan rings is 3. The molecular formula is C89H69NO3. The summed E-state index contributed by atoms with van der Waals surface area (Å²) < 4.78 is 20.1. The first-order valence-electron chi connectivity index (χ1n) is 33.3.